The van der Waals surface area contributed by atoms with Crippen LogP contribution < -0.4 is 5.32 Å². The van der Waals surface area contributed by atoms with Crippen molar-refractivity contribution >= 4 is 28.8 Å². The number of aliphatic imine (C=N–C) groups is 1. The number of ether oxygens (including phenoxy) is 1. The largest absolute Gasteiger partial charge is 0.445 e. The first-order valence-corrected chi connectivity index (χ1v) is 9.76. The van der Waals surface area contributed by atoms with E-state index in [1.54, 1.807) is 12.3 Å². The van der Waals surface area contributed by atoms with Gasteiger partial charge in [0.05, 0.1) is 18.3 Å². The van der Waals surface area contributed by atoms with Crippen molar-refractivity contribution < 1.29 is 18.3 Å². The molecule has 4 heterocycles. The van der Waals surface area contributed by atoms with E-state index in [1.165, 1.54) is 23.6 Å². The number of alkyl halides is 2. The molecule has 1 fully saturated rings. The molecule has 0 saturated carbocycles. The van der Waals surface area contributed by atoms with Crippen molar-refractivity contribution in [3.63, 3.8) is 0 Å². The molecule has 11 heteroatoms. The zero-order chi connectivity index (χ0) is 20.4. The van der Waals surface area contributed by atoms with Gasteiger partial charge in [0.2, 0.25) is 0 Å². The van der Waals surface area contributed by atoms with Crippen molar-refractivity contribution in [1.29, 1.82) is 0 Å². The Kier molecular flexibility index (Phi) is 5.38. The Morgan fingerprint density at radius 2 is 2.38 bits per heavy atom. The topological polar surface area (TPSA) is 84.6 Å². The molecular formula is C18H18F2N6O2S. The Bertz CT molecular complexity index is 969. The predicted octanol–water partition coefficient (Wildman–Crippen LogP) is 2.89. The number of amides is 1. The van der Waals surface area contributed by atoms with Gasteiger partial charge in [-0.1, -0.05) is 12.7 Å². The van der Waals surface area contributed by atoms with Gasteiger partial charge in [-0.25, -0.2) is 14.5 Å². The lowest BCUT2D eigenvalue weighted by Gasteiger charge is -2.27. The van der Waals surface area contributed by atoms with Gasteiger partial charge in [0, 0.05) is 42.0 Å². The van der Waals surface area contributed by atoms with E-state index in [0.29, 0.717) is 35.7 Å². The van der Waals surface area contributed by atoms with Crippen LogP contribution in [-0.4, -0.2) is 57.3 Å². The summed E-state index contributed by atoms with van der Waals surface area (Å²) in [4.78, 5) is 22.9. The highest BCUT2D eigenvalue weighted by molar-refractivity contribution is 7.11. The molecule has 2 aliphatic heterocycles. The Labute approximate surface area is 169 Å². The summed E-state index contributed by atoms with van der Waals surface area (Å²) in [5, 5.41) is 9.43. The van der Waals surface area contributed by atoms with Crippen LogP contribution in [0.25, 0.3) is 5.57 Å². The summed E-state index contributed by atoms with van der Waals surface area (Å²) < 4.78 is 31.5. The van der Waals surface area contributed by atoms with Crippen molar-refractivity contribution in [1.82, 2.24) is 25.0 Å². The zero-order valence-electron chi connectivity index (χ0n) is 15.3. The monoisotopic (exact) mass is 420 g/mol. The molecule has 0 spiro atoms. The molecule has 1 amide bonds. The number of hydrogen-bond donors (Lipinski definition) is 1. The van der Waals surface area contributed by atoms with Crippen LogP contribution in [0.4, 0.5) is 13.6 Å². The molecule has 8 nitrogen and oxygen atoms in total. The van der Waals surface area contributed by atoms with Gasteiger partial charge in [0.15, 0.2) is 10.8 Å². The fourth-order valence-electron chi connectivity index (χ4n) is 3.36. The van der Waals surface area contributed by atoms with Crippen LogP contribution in [0.2, 0.25) is 0 Å². The van der Waals surface area contributed by atoms with E-state index in [-0.39, 0.29) is 12.6 Å². The van der Waals surface area contributed by atoms with E-state index in [1.807, 2.05) is 10.3 Å². The van der Waals surface area contributed by atoms with Crippen LogP contribution in [-0.2, 0) is 4.74 Å². The second-order valence-corrected chi connectivity index (χ2v) is 7.30. The number of nitrogens with zero attached hydrogens (tertiary/aromatic N) is 5. The number of rotatable bonds is 6. The van der Waals surface area contributed by atoms with Gasteiger partial charge in [-0.15, -0.1) is 11.3 Å². The van der Waals surface area contributed by atoms with E-state index in [2.05, 4.69) is 27.0 Å². The van der Waals surface area contributed by atoms with Gasteiger partial charge >= 0.3 is 12.6 Å². The average Bonchev–Trinajstić information content (AvgIpc) is 3.45. The Morgan fingerprint density at radius 1 is 1.52 bits per heavy atom. The molecule has 4 rings (SSSR count). The van der Waals surface area contributed by atoms with Crippen LogP contribution in [0.3, 0.4) is 0 Å². The van der Waals surface area contributed by atoms with Gasteiger partial charge < -0.3 is 15.0 Å². The third kappa shape index (κ3) is 3.90. The molecule has 0 radical (unpaired) electrons. The first-order valence-electron chi connectivity index (χ1n) is 8.88. The number of hydrogen-bond acceptors (Lipinski definition) is 7. The maximum Gasteiger partial charge on any atom is 0.407 e. The molecule has 152 valence electrons. The molecule has 1 atom stereocenters. The highest BCUT2D eigenvalue weighted by Crippen LogP contribution is 2.35. The van der Waals surface area contributed by atoms with Gasteiger partial charge in [0.25, 0.3) is 0 Å². The lowest BCUT2D eigenvalue weighted by molar-refractivity contribution is 0.0564. The van der Waals surface area contributed by atoms with Crippen molar-refractivity contribution in [3.05, 3.63) is 52.9 Å². The van der Waals surface area contributed by atoms with E-state index < -0.39 is 12.6 Å². The Balaban J connectivity index is 1.63. The molecule has 2 aliphatic rings. The first kappa shape index (κ1) is 19.2. The molecule has 1 N–H and O–H groups in total. The van der Waals surface area contributed by atoms with Gasteiger partial charge in [-0.05, 0) is 6.07 Å². The second kappa shape index (κ2) is 8.11. The number of aromatic nitrogens is 3. The molecule has 2 aromatic rings. The number of alkyl carbamates (subject to hydrolysis) is 1. The molecule has 0 bridgehead atoms. The fraction of sp³-hybridized carbons (Fsp3) is 0.333. The molecule has 0 aromatic carbocycles. The fourth-order valence-corrected chi connectivity index (χ4v) is 4.02. The quantitative estimate of drug-likeness (QED) is 0.727. The summed E-state index contributed by atoms with van der Waals surface area (Å²) in [5.41, 5.74) is 2.09. The third-order valence-corrected chi connectivity index (χ3v) is 5.32. The van der Waals surface area contributed by atoms with Gasteiger partial charge in [0.1, 0.15) is 6.61 Å². The molecule has 29 heavy (non-hydrogen) atoms. The van der Waals surface area contributed by atoms with Crippen molar-refractivity contribution in [2.45, 2.75) is 19.0 Å². The minimum atomic E-state index is -2.71. The number of halogens is 2. The van der Waals surface area contributed by atoms with Crippen LogP contribution in [0.1, 0.15) is 23.7 Å². The third-order valence-electron chi connectivity index (χ3n) is 4.55. The minimum Gasteiger partial charge on any atom is -0.445 e. The van der Waals surface area contributed by atoms with Crippen molar-refractivity contribution in [2.75, 3.05) is 19.7 Å². The number of amidine groups is 1. The highest BCUT2D eigenvalue weighted by Gasteiger charge is 2.37. The lowest BCUT2D eigenvalue weighted by Crippen LogP contribution is -2.39. The molecule has 0 aliphatic carbocycles. The van der Waals surface area contributed by atoms with E-state index in [4.69, 9.17) is 4.74 Å². The van der Waals surface area contributed by atoms with E-state index in [0.717, 1.165) is 16.3 Å². The van der Waals surface area contributed by atoms with Crippen LogP contribution >= 0.6 is 11.3 Å². The summed E-state index contributed by atoms with van der Waals surface area (Å²) in [6.45, 7) is 1.69. The average molecular weight is 420 g/mol. The summed E-state index contributed by atoms with van der Waals surface area (Å²) in [5.74, 6) is 0.704. The lowest BCUT2D eigenvalue weighted by atomic mass is 10.1. The maximum absolute atomic E-state index is 12.9. The number of fused-ring (bicyclic) bond motifs is 1. The minimum absolute atomic E-state index is 0.118. The van der Waals surface area contributed by atoms with Gasteiger partial charge in [-0.3, -0.25) is 4.99 Å². The van der Waals surface area contributed by atoms with Gasteiger partial charge in [-0.2, -0.15) is 13.9 Å². The van der Waals surface area contributed by atoms with Crippen LogP contribution in [0.5, 0.6) is 0 Å². The zero-order valence-corrected chi connectivity index (χ0v) is 16.1. The second-order valence-electron chi connectivity index (χ2n) is 6.40. The Hall–Kier alpha value is -3.08. The number of thiazole rings is 1. The normalized spacial score (nSPS) is 18.7. The summed E-state index contributed by atoms with van der Waals surface area (Å²) in [6.07, 6.45) is 4.40. The van der Waals surface area contributed by atoms with E-state index >= 15 is 0 Å². The summed E-state index contributed by atoms with van der Waals surface area (Å²) in [6, 6.07) is 1.33. The number of nitrogens with one attached hydrogen (secondary N) is 1. The summed E-state index contributed by atoms with van der Waals surface area (Å²) >= 11 is 1.46. The molecular weight excluding hydrogens is 402 g/mol. The maximum atomic E-state index is 12.9. The van der Waals surface area contributed by atoms with Crippen LogP contribution in [0, 0.1) is 0 Å². The highest BCUT2D eigenvalue weighted by atomic mass is 32.1. The predicted molar refractivity (Wildman–Crippen MR) is 104 cm³/mol. The summed E-state index contributed by atoms with van der Waals surface area (Å²) in [7, 11) is 0. The van der Waals surface area contributed by atoms with Crippen molar-refractivity contribution in [2.24, 2.45) is 4.99 Å². The smallest absolute Gasteiger partial charge is 0.407 e. The number of carbonyl (C=O) groups is 1. The standard InChI is InChI=1S/C18H18F2N6O2S/c1-2-6-28-18(27)23-11-8-14-12(13-3-5-26(24-13)17(19)20)9-22-15(25(14)10-11)16-21-4-7-29-16/h2-5,7,11,17H,1,6,8-10H2,(H,23,27). The SMILES string of the molecule is C=CCOC(=O)NC1CC2=C(c3ccn(C(F)F)n3)CN=C(c3nccs3)N2C1. The molecule has 2 aromatic heterocycles. The van der Waals surface area contributed by atoms with E-state index in [9.17, 15) is 13.6 Å². The van der Waals surface area contributed by atoms with Crippen LogP contribution in [0.15, 0.2) is 47.2 Å². The molecule has 1 unspecified atom stereocenters. The van der Waals surface area contributed by atoms with Crippen molar-refractivity contribution in [3.8, 4) is 0 Å². The Morgan fingerprint density at radius 3 is 3.07 bits per heavy atom. The number of carbonyl (C=O) groups excluding carboxylic acids is 1. The molecule has 1 saturated heterocycles. The first-order chi connectivity index (χ1) is 14.1.